The van der Waals surface area contributed by atoms with Crippen LogP contribution in [0.2, 0.25) is 0 Å². The van der Waals surface area contributed by atoms with Crippen LogP contribution < -0.4 is 0 Å². The molecule has 0 N–H and O–H groups in total. The molecule has 14 heavy (non-hydrogen) atoms. The summed E-state index contributed by atoms with van der Waals surface area (Å²) in [4.78, 5) is 2.33. The molecule has 2 atom stereocenters. The number of nitrogens with zero attached hydrogens (tertiary/aromatic N) is 1. The second-order valence-electron chi connectivity index (χ2n) is 4.32. The summed E-state index contributed by atoms with van der Waals surface area (Å²) in [5, 5.41) is 0.282. The fourth-order valence-electron chi connectivity index (χ4n) is 1.79. The Morgan fingerprint density at radius 2 is 2.29 bits per heavy atom. The van der Waals surface area contributed by atoms with E-state index in [1.54, 1.807) is 0 Å². The fraction of sp³-hybridized carbons (Fsp3) is 1.00. The van der Waals surface area contributed by atoms with Gasteiger partial charge >= 0.3 is 0 Å². The van der Waals surface area contributed by atoms with Crippen LogP contribution in [0.5, 0.6) is 0 Å². The predicted octanol–water partition coefficient (Wildman–Crippen LogP) is 2.50. The van der Waals surface area contributed by atoms with Crippen LogP contribution in [0.1, 0.15) is 32.6 Å². The largest absolute Gasteiger partial charge is 0.377 e. The van der Waals surface area contributed by atoms with Gasteiger partial charge in [0.1, 0.15) is 0 Å². The van der Waals surface area contributed by atoms with Crippen molar-refractivity contribution in [3.05, 3.63) is 0 Å². The molecular formula is C11H22ClNO. The lowest BCUT2D eigenvalue weighted by Gasteiger charge is -2.27. The number of likely N-dealkylation sites (N-methyl/N-ethyl adjacent to an activating group) is 1. The van der Waals surface area contributed by atoms with E-state index in [1.165, 1.54) is 19.3 Å². The van der Waals surface area contributed by atoms with Crippen LogP contribution in [-0.4, -0.2) is 43.1 Å². The Balaban J connectivity index is 2.09. The van der Waals surface area contributed by atoms with Crippen LogP contribution in [0.15, 0.2) is 0 Å². The maximum Gasteiger partial charge on any atom is 0.0701 e. The van der Waals surface area contributed by atoms with Gasteiger partial charge in [-0.1, -0.05) is 0 Å². The minimum Gasteiger partial charge on any atom is -0.377 e. The van der Waals surface area contributed by atoms with Gasteiger partial charge in [0.05, 0.1) is 6.10 Å². The predicted molar refractivity (Wildman–Crippen MR) is 61.0 cm³/mol. The Hall–Kier alpha value is 0.210. The van der Waals surface area contributed by atoms with Gasteiger partial charge in [0, 0.05) is 18.5 Å². The minimum absolute atomic E-state index is 0.282. The molecule has 0 saturated carbocycles. The van der Waals surface area contributed by atoms with E-state index in [4.69, 9.17) is 16.3 Å². The first-order valence-electron chi connectivity index (χ1n) is 5.62. The highest BCUT2D eigenvalue weighted by atomic mass is 35.5. The number of ether oxygens (including phenoxy) is 1. The number of halogens is 1. The van der Waals surface area contributed by atoms with Gasteiger partial charge in [-0.25, -0.2) is 0 Å². The summed E-state index contributed by atoms with van der Waals surface area (Å²) in [6.45, 7) is 5.13. The smallest absolute Gasteiger partial charge is 0.0701 e. The van der Waals surface area contributed by atoms with Crippen molar-refractivity contribution in [1.82, 2.24) is 4.90 Å². The minimum atomic E-state index is 0.282. The molecule has 1 aliphatic heterocycles. The van der Waals surface area contributed by atoms with Crippen LogP contribution in [-0.2, 0) is 4.74 Å². The average Bonchev–Trinajstić information content (AvgIpc) is 2.16. The molecule has 1 fully saturated rings. The summed E-state index contributed by atoms with van der Waals surface area (Å²) in [6, 6.07) is 0. The Morgan fingerprint density at radius 1 is 1.50 bits per heavy atom. The molecule has 2 nitrogen and oxygen atoms in total. The number of alkyl halides is 1. The summed E-state index contributed by atoms with van der Waals surface area (Å²) in [5.41, 5.74) is 0. The molecule has 0 amide bonds. The number of hydrogen-bond donors (Lipinski definition) is 0. The van der Waals surface area contributed by atoms with Crippen LogP contribution in [0, 0.1) is 0 Å². The lowest BCUT2D eigenvalue weighted by Crippen LogP contribution is -2.34. The number of rotatable bonds is 5. The molecule has 2 unspecified atom stereocenters. The van der Waals surface area contributed by atoms with E-state index in [0.29, 0.717) is 6.10 Å². The lowest BCUT2D eigenvalue weighted by atomic mass is 10.1. The standard InChI is InChI=1S/C11H22ClNO/c1-10(12)6-7-13(2)9-11-5-3-4-8-14-11/h10-11H,3-9H2,1-2H3. The van der Waals surface area contributed by atoms with Gasteiger partial charge in [0.25, 0.3) is 0 Å². The van der Waals surface area contributed by atoms with Crippen molar-refractivity contribution in [2.45, 2.75) is 44.1 Å². The normalized spacial score (nSPS) is 25.3. The zero-order chi connectivity index (χ0) is 10.4. The summed E-state index contributed by atoms with van der Waals surface area (Å²) in [7, 11) is 2.15. The van der Waals surface area contributed by atoms with Gasteiger partial charge in [0.15, 0.2) is 0 Å². The molecule has 1 heterocycles. The monoisotopic (exact) mass is 219 g/mol. The van der Waals surface area contributed by atoms with Gasteiger partial charge in [-0.05, 0) is 46.2 Å². The van der Waals surface area contributed by atoms with Crippen molar-refractivity contribution in [3.63, 3.8) is 0 Å². The SMILES string of the molecule is CC(Cl)CCN(C)CC1CCCCO1. The van der Waals surface area contributed by atoms with Gasteiger partial charge in [-0.2, -0.15) is 0 Å². The van der Waals surface area contributed by atoms with Crippen LogP contribution >= 0.6 is 11.6 Å². The summed E-state index contributed by atoms with van der Waals surface area (Å²) >= 11 is 5.91. The molecule has 1 rings (SSSR count). The molecule has 0 aliphatic carbocycles. The topological polar surface area (TPSA) is 12.5 Å². The molecule has 1 aliphatic rings. The van der Waals surface area contributed by atoms with Crippen molar-refractivity contribution in [2.24, 2.45) is 0 Å². The second-order valence-corrected chi connectivity index (χ2v) is 5.07. The summed E-state index contributed by atoms with van der Waals surface area (Å²) < 4.78 is 5.68. The van der Waals surface area contributed by atoms with Gasteiger partial charge < -0.3 is 9.64 Å². The molecule has 0 radical (unpaired) electrons. The van der Waals surface area contributed by atoms with Gasteiger partial charge in [0.2, 0.25) is 0 Å². The van der Waals surface area contributed by atoms with E-state index in [-0.39, 0.29) is 5.38 Å². The highest BCUT2D eigenvalue weighted by molar-refractivity contribution is 6.20. The molecule has 84 valence electrons. The van der Waals surface area contributed by atoms with E-state index in [0.717, 1.165) is 26.1 Å². The molecule has 0 aromatic carbocycles. The molecular weight excluding hydrogens is 198 g/mol. The molecule has 1 saturated heterocycles. The van der Waals surface area contributed by atoms with E-state index >= 15 is 0 Å². The van der Waals surface area contributed by atoms with Crippen molar-refractivity contribution in [1.29, 1.82) is 0 Å². The molecule has 0 aromatic heterocycles. The first-order valence-corrected chi connectivity index (χ1v) is 6.06. The summed E-state index contributed by atoms with van der Waals surface area (Å²) in [6.07, 6.45) is 5.30. The Labute approximate surface area is 92.6 Å². The van der Waals surface area contributed by atoms with Crippen LogP contribution in [0.4, 0.5) is 0 Å². The van der Waals surface area contributed by atoms with E-state index in [1.807, 2.05) is 6.92 Å². The second kappa shape index (κ2) is 6.65. The van der Waals surface area contributed by atoms with Crippen molar-refractivity contribution >= 4 is 11.6 Å². The van der Waals surface area contributed by atoms with Crippen molar-refractivity contribution in [3.8, 4) is 0 Å². The number of hydrogen-bond acceptors (Lipinski definition) is 2. The third kappa shape index (κ3) is 5.18. The lowest BCUT2D eigenvalue weighted by molar-refractivity contribution is -0.00152. The maximum absolute atomic E-state index is 5.91. The van der Waals surface area contributed by atoms with E-state index < -0.39 is 0 Å². The summed E-state index contributed by atoms with van der Waals surface area (Å²) in [5.74, 6) is 0. The molecule has 0 spiro atoms. The Bertz CT molecular complexity index is 146. The van der Waals surface area contributed by atoms with Crippen LogP contribution in [0.3, 0.4) is 0 Å². The first-order chi connectivity index (χ1) is 6.68. The van der Waals surface area contributed by atoms with Gasteiger partial charge in [-0.15, -0.1) is 11.6 Å². The molecule has 0 bridgehead atoms. The zero-order valence-corrected chi connectivity index (χ0v) is 10.1. The quantitative estimate of drug-likeness (QED) is 0.659. The van der Waals surface area contributed by atoms with Gasteiger partial charge in [-0.3, -0.25) is 0 Å². The highest BCUT2D eigenvalue weighted by Gasteiger charge is 2.15. The third-order valence-corrected chi connectivity index (χ3v) is 2.92. The first kappa shape index (κ1) is 12.3. The highest BCUT2D eigenvalue weighted by Crippen LogP contribution is 2.13. The fourth-order valence-corrected chi connectivity index (χ4v) is 1.89. The van der Waals surface area contributed by atoms with Crippen LogP contribution in [0.25, 0.3) is 0 Å². The molecule has 0 aromatic rings. The molecule has 3 heteroatoms. The third-order valence-electron chi connectivity index (χ3n) is 2.70. The van der Waals surface area contributed by atoms with E-state index in [2.05, 4.69) is 11.9 Å². The maximum atomic E-state index is 5.91. The zero-order valence-electron chi connectivity index (χ0n) is 9.34. The average molecular weight is 220 g/mol. The van der Waals surface area contributed by atoms with Crippen molar-refractivity contribution in [2.75, 3.05) is 26.7 Å². The Kier molecular flexibility index (Phi) is 5.83. The Morgan fingerprint density at radius 3 is 2.86 bits per heavy atom. The van der Waals surface area contributed by atoms with E-state index in [9.17, 15) is 0 Å². The van der Waals surface area contributed by atoms with Crippen molar-refractivity contribution < 1.29 is 4.74 Å².